The van der Waals surface area contributed by atoms with Crippen molar-refractivity contribution in [3.63, 3.8) is 0 Å². The summed E-state index contributed by atoms with van der Waals surface area (Å²) >= 11 is 0. The number of rotatable bonds is 3. The lowest BCUT2D eigenvalue weighted by atomic mass is 9.32. The number of hydrogen-bond donors (Lipinski definition) is 1. The summed E-state index contributed by atoms with van der Waals surface area (Å²) in [6.07, 6.45) is 6.76. The molecule has 34 heavy (non-hydrogen) atoms. The van der Waals surface area contributed by atoms with Crippen molar-refractivity contribution in [2.45, 2.75) is 70.9 Å². The molecule has 1 spiro atoms. The van der Waals surface area contributed by atoms with Gasteiger partial charge >= 0.3 is 6.09 Å². The number of fused-ring (bicyclic) bond motifs is 2. The molecule has 1 amide bonds. The summed E-state index contributed by atoms with van der Waals surface area (Å²) in [7, 11) is 0. The van der Waals surface area contributed by atoms with Gasteiger partial charge in [0, 0.05) is 36.4 Å². The minimum Gasteiger partial charge on any atom is -0.449 e. The summed E-state index contributed by atoms with van der Waals surface area (Å²) in [4.78, 5) is 14.8. The molecule has 2 unspecified atom stereocenters. The normalized spacial score (nSPS) is 46.5. The lowest BCUT2D eigenvalue weighted by molar-refractivity contribution is -0.392. The zero-order valence-corrected chi connectivity index (χ0v) is 20.8. The highest BCUT2D eigenvalue weighted by Crippen LogP contribution is 2.77. The molecule has 5 aliphatic carbocycles. The molecule has 7 atom stereocenters. The molecule has 3 saturated carbocycles. The van der Waals surface area contributed by atoms with Crippen LogP contribution < -0.4 is 0 Å². The average molecular weight is 474 g/mol. The number of carbonyl (C=O) groups excluding carboxylic acids is 1. The Balaban J connectivity index is 1.39. The van der Waals surface area contributed by atoms with Gasteiger partial charge in [-0.1, -0.05) is 31.6 Å². The van der Waals surface area contributed by atoms with Gasteiger partial charge in [0.25, 0.3) is 0 Å². The molecule has 2 aliphatic heterocycles. The molecule has 0 aromatic rings. The predicted octanol–water partition coefficient (Wildman–Crippen LogP) is 3.67. The molecule has 7 rings (SSSR count). The zero-order chi connectivity index (χ0) is 23.9. The first-order valence-corrected chi connectivity index (χ1v) is 13.0. The number of aliphatic hydroxyl groups excluding tert-OH is 1. The Morgan fingerprint density at radius 1 is 1.24 bits per heavy atom. The molecule has 0 aromatic carbocycles. The number of morpholine rings is 1. The molecule has 2 bridgehead atoms. The Labute approximate surface area is 202 Å². The maximum atomic E-state index is 13.0. The van der Waals surface area contributed by atoms with Crippen LogP contribution in [0.15, 0.2) is 23.8 Å². The van der Waals surface area contributed by atoms with Crippen LogP contribution in [0.25, 0.3) is 0 Å². The fraction of sp³-hybridized carbons (Fsp3) is 0.815. The quantitative estimate of drug-likeness (QED) is 0.674. The summed E-state index contributed by atoms with van der Waals surface area (Å²) in [6.45, 7) is 13.4. The van der Waals surface area contributed by atoms with Gasteiger partial charge in [0.2, 0.25) is 0 Å². The van der Waals surface area contributed by atoms with Crippen LogP contribution in [0.4, 0.5) is 4.79 Å². The number of amides is 1. The van der Waals surface area contributed by atoms with Crippen molar-refractivity contribution in [3.05, 3.63) is 23.8 Å². The number of allylic oxidation sites excluding steroid dienone is 1. The van der Waals surface area contributed by atoms with E-state index >= 15 is 0 Å². The molecule has 2 heterocycles. The molecule has 0 aromatic heterocycles. The molecule has 0 radical (unpaired) electrons. The van der Waals surface area contributed by atoms with Gasteiger partial charge in [-0.25, -0.2) is 4.79 Å². The standard InChI is InChI=1S/C27H39NO6/c1-17-12-18-14-27-20(33-24(2,3)34-22(17)27)13-19-25(4,15-29)6-5-7-26(19,21(18)27)16-32-23(30)28-8-10-31-11-9-28/h12,19-22,29H,1,5-11,13-16H2,2-4H3/t19?,20-,21?,22+,25+,26+,27+/m1/s1. The molecule has 7 aliphatic rings. The maximum Gasteiger partial charge on any atom is 0.409 e. The average Bonchev–Trinajstić information content (AvgIpc) is 2.79. The van der Waals surface area contributed by atoms with Crippen molar-refractivity contribution in [1.82, 2.24) is 4.90 Å². The minimum absolute atomic E-state index is 0.0393. The molecule has 7 heteroatoms. The van der Waals surface area contributed by atoms with Crippen molar-refractivity contribution in [2.75, 3.05) is 39.5 Å². The van der Waals surface area contributed by atoms with Crippen LogP contribution >= 0.6 is 0 Å². The Morgan fingerprint density at radius 3 is 2.74 bits per heavy atom. The lowest BCUT2D eigenvalue weighted by Crippen LogP contribution is -2.77. The Bertz CT molecular complexity index is 924. The van der Waals surface area contributed by atoms with Gasteiger partial charge in [-0.05, 0) is 56.4 Å². The molecule has 2 saturated heterocycles. The number of aliphatic hydroxyl groups is 1. The van der Waals surface area contributed by atoms with Gasteiger partial charge in [0.15, 0.2) is 5.79 Å². The van der Waals surface area contributed by atoms with Crippen molar-refractivity contribution in [1.29, 1.82) is 0 Å². The van der Waals surface area contributed by atoms with E-state index in [1.807, 2.05) is 13.8 Å². The highest BCUT2D eigenvalue weighted by atomic mass is 16.7. The van der Waals surface area contributed by atoms with Gasteiger partial charge in [0.1, 0.15) is 0 Å². The number of ether oxygens (including phenoxy) is 4. The first-order chi connectivity index (χ1) is 16.2. The van der Waals surface area contributed by atoms with Gasteiger partial charge in [0.05, 0.1) is 32.0 Å². The summed E-state index contributed by atoms with van der Waals surface area (Å²) in [5, 5.41) is 10.6. The first kappa shape index (κ1) is 23.0. The smallest absolute Gasteiger partial charge is 0.409 e. The van der Waals surface area contributed by atoms with Gasteiger partial charge in [-0.3, -0.25) is 0 Å². The topological polar surface area (TPSA) is 77.5 Å². The fourth-order valence-electron chi connectivity index (χ4n) is 8.82. The van der Waals surface area contributed by atoms with Crippen molar-refractivity contribution >= 4 is 6.09 Å². The maximum absolute atomic E-state index is 13.0. The van der Waals surface area contributed by atoms with Crippen LogP contribution in [0.5, 0.6) is 0 Å². The number of hydrogen-bond acceptors (Lipinski definition) is 6. The van der Waals surface area contributed by atoms with Crippen LogP contribution in [0.3, 0.4) is 0 Å². The Kier molecular flexibility index (Phi) is 5.11. The van der Waals surface area contributed by atoms with E-state index in [0.29, 0.717) is 32.9 Å². The van der Waals surface area contributed by atoms with E-state index in [4.69, 9.17) is 18.9 Å². The summed E-state index contributed by atoms with van der Waals surface area (Å²) in [5.41, 5.74) is 1.82. The van der Waals surface area contributed by atoms with Gasteiger partial charge < -0.3 is 29.0 Å². The molecule has 7 nitrogen and oxygen atoms in total. The second kappa shape index (κ2) is 7.55. The van der Waals surface area contributed by atoms with E-state index in [1.165, 1.54) is 5.57 Å². The summed E-state index contributed by atoms with van der Waals surface area (Å²) < 4.78 is 24.8. The minimum atomic E-state index is -0.678. The van der Waals surface area contributed by atoms with Crippen molar-refractivity contribution in [2.24, 2.45) is 28.1 Å². The predicted molar refractivity (Wildman–Crippen MR) is 125 cm³/mol. The SMILES string of the molecule is C=C1C=C2C[C@@]34C2[C@]2(COC(=O)N5CCOCC5)CCC[C@@](C)(CO)C2C[C@H]3OC(C)(C)O[C@@H]14. The molecule has 188 valence electrons. The summed E-state index contributed by atoms with van der Waals surface area (Å²) in [5.74, 6) is -0.259. The van der Waals surface area contributed by atoms with Crippen LogP contribution in [0.1, 0.15) is 52.9 Å². The Hall–Kier alpha value is -1.41. The molecule has 5 fully saturated rings. The third-order valence-corrected chi connectivity index (χ3v) is 10.1. The third-order valence-electron chi connectivity index (χ3n) is 10.1. The molecular formula is C27H39NO6. The van der Waals surface area contributed by atoms with Crippen LogP contribution in [0.2, 0.25) is 0 Å². The lowest BCUT2D eigenvalue weighted by Gasteiger charge is -2.76. The zero-order valence-electron chi connectivity index (χ0n) is 20.8. The number of nitrogens with zero attached hydrogens (tertiary/aromatic N) is 1. The molecular weight excluding hydrogens is 434 g/mol. The van der Waals surface area contributed by atoms with E-state index in [-0.39, 0.29) is 53.0 Å². The largest absolute Gasteiger partial charge is 0.449 e. The highest BCUT2D eigenvalue weighted by molar-refractivity contribution is 5.67. The number of carbonyl (C=O) groups is 1. The van der Waals surface area contributed by atoms with Crippen molar-refractivity contribution in [3.8, 4) is 0 Å². The monoisotopic (exact) mass is 473 g/mol. The van der Waals surface area contributed by atoms with Crippen LogP contribution in [-0.4, -0.2) is 73.6 Å². The Morgan fingerprint density at radius 2 is 2.00 bits per heavy atom. The third kappa shape index (κ3) is 2.99. The fourth-order valence-corrected chi connectivity index (χ4v) is 8.82. The molecule has 1 N–H and O–H groups in total. The van der Waals surface area contributed by atoms with E-state index in [9.17, 15) is 9.90 Å². The van der Waals surface area contributed by atoms with E-state index < -0.39 is 5.79 Å². The van der Waals surface area contributed by atoms with E-state index in [0.717, 1.165) is 37.7 Å². The first-order valence-electron chi connectivity index (χ1n) is 13.0. The summed E-state index contributed by atoms with van der Waals surface area (Å²) in [6, 6.07) is 0. The van der Waals surface area contributed by atoms with Crippen LogP contribution in [-0.2, 0) is 18.9 Å². The van der Waals surface area contributed by atoms with Crippen molar-refractivity contribution < 1.29 is 28.8 Å². The highest BCUT2D eigenvalue weighted by Gasteiger charge is 2.77. The second-order valence-corrected chi connectivity index (χ2v) is 12.4. The van der Waals surface area contributed by atoms with Crippen LogP contribution in [0, 0.1) is 28.1 Å². The van der Waals surface area contributed by atoms with Gasteiger partial charge in [-0.15, -0.1) is 0 Å². The van der Waals surface area contributed by atoms with E-state index in [1.54, 1.807) is 4.90 Å². The van der Waals surface area contributed by atoms with E-state index in [2.05, 4.69) is 19.6 Å². The second-order valence-electron chi connectivity index (χ2n) is 12.4. The van der Waals surface area contributed by atoms with Gasteiger partial charge in [-0.2, -0.15) is 0 Å².